The van der Waals surface area contributed by atoms with E-state index < -0.39 is 20.2 Å². The Morgan fingerprint density at radius 2 is 1.75 bits per heavy atom. The topological polar surface area (TPSA) is 55.4 Å². The minimum atomic E-state index is -5.28. The second-order valence-electron chi connectivity index (χ2n) is 4.32. The van der Waals surface area contributed by atoms with E-state index >= 15 is 0 Å². The molecular formula is C12H16F3NO3S. The molecule has 0 aliphatic heterocycles. The van der Waals surface area contributed by atoms with Crippen molar-refractivity contribution in [3.63, 3.8) is 0 Å². The molecular weight excluding hydrogens is 295 g/mol. The zero-order valence-electron chi connectivity index (χ0n) is 11.1. The molecule has 0 aliphatic rings. The normalized spacial score (nSPS) is 12.7. The molecule has 0 bridgehead atoms. The number of anilines is 1. The van der Waals surface area contributed by atoms with E-state index in [4.69, 9.17) is 4.74 Å². The summed E-state index contributed by atoms with van der Waals surface area (Å²) in [5, 5.41) is 2.92. The Kier molecular flexibility index (Phi) is 5.41. The van der Waals surface area contributed by atoms with Crippen molar-refractivity contribution in [1.29, 1.82) is 0 Å². The number of benzene rings is 1. The monoisotopic (exact) mass is 311 g/mol. The lowest BCUT2D eigenvalue weighted by molar-refractivity contribution is -0.0436. The number of hydrogen-bond acceptors (Lipinski definition) is 4. The van der Waals surface area contributed by atoms with Crippen molar-refractivity contribution in [2.45, 2.75) is 30.4 Å². The van der Waals surface area contributed by atoms with Crippen molar-refractivity contribution < 1.29 is 26.3 Å². The third-order valence-electron chi connectivity index (χ3n) is 2.35. The molecule has 1 N–H and O–H groups in total. The van der Waals surface area contributed by atoms with Crippen LogP contribution in [-0.2, 0) is 14.6 Å². The molecule has 0 aromatic heterocycles. The summed E-state index contributed by atoms with van der Waals surface area (Å²) >= 11 is 0. The van der Waals surface area contributed by atoms with Gasteiger partial charge in [-0.05, 0) is 38.1 Å². The summed E-state index contributed by atoms with van der Waals surface area (Å²) in [7, 11) is -5.28. The molecule has 0 saturated heterocycles. The van der Waals surface area contributed by atoms with Gasteiger partial charge in [-0.2, -0.15) is 13.2 Å². The number of alkyl halides is 3. The number of ether oxygens (including phenoxy) is 1. The quantitative estimate of drug-likeness (QED) is 0.821. The molecule has 0 aliphatic carbocycles. The third-order valence-corrected chi connectivity index (χ3v) is 3.85. The van der Waals surface area contributed by atoms with E-state index in [-0.39, 0.29) is 6.10 Å². The maximum absolute atomic E-state index is 12.3. The molecule has 8 heteroatoms. The molecule has 0 spiro atoms. The van der Waals surface area contributed by atoms with Crippen molar-refractivity contribution in [2.24, 2.45) is 0 Å². The fourth-order valence-electron chi connectivity index (χ4n) is 1.38. The Labute approximate surface area is 115 Å². The van der Waals surface area contributed by atoms with Crippen LogP contribution in [0.15, 0.2) is 29.2 Å². The molecule has 0 heterocycles. The number of rotatable bonds is 6. The number of nitrogens with one attached hydrogen (secondary N) is 1. The van der Waals surface area contributed by atoms with Crippen LogP contribution < -0.4 is 5.32 Å². The maximum Gasteiger partial charge on any atom is 0.501 e. The predicted molar refractivity (Wildman–Crippen MR) is 69.3 cm³/mol. The van der Waals surface area contributed by atoms with Crippen molar-refractivity contribution in [1.82, 2.24) is 0 Å². The lowest BCUT2D eigenvalue weighted by Gasteiger charge is -2.11. The van der Waals surface area contributed by atoms with Crippen molar-refractivity contribution in [3.05, 3.63) is 24.3 Å². The molecule has 114 valence electrons. The van der Waals surface area contributed by atoms with Gasteiger partial charge in [0.25, 0.3) is 9.84 Å². The third kappa shape index (κ3) is 4.38. The number of halogens is 3. The van der Waals surface area contributed by atoms with E-state index in [1.807, 2.05) is 13.8 Å². The highest BCUT2D eigenvalue weighted by Gasteiger charge is 2.46. The highest BCUT2D eigenvalue weighted by molar-refractivity contribution is 7.92. The summed E-state index contributed by atoms with van der Waals surface area (Å²) in [6, 6.07) is 4.42. The van der Waals surface area contributed by atoms with Crippen molar-refractivity contribution in [2.75, 3.05) is 18.5 Å². The Morgan fingerprint density at radius 1 is 1.20 bits per heavy atom. The fourth-order valence-corrected chi connectivity index (χ4v) is 2.14. The highest BCUT2D eigenvalue weighted by Crippen LogP contribution is 2.30. The van der Waals surface area contributed by atoms with Gasteiger partial charge in [0.2, 0.25) is 0 Å². The van der Waals surface area contributed by atoms with Gasteiger partial charge in [-0.15, -0.1) is 0 Å². The zero-order valence-corrected chi connectivity index (χ0v) is 11.9. The lowest BCUT2D eigenvalue weighted by atomic mass is 10.3. The molecule has 1 aromatic rings. The zero-order chi connectivity index (χ0) is 15.4. The van der Waals surface area contributed by atoms with Gasteiger partial charge in [0.05, 0.1) is 17.6 Å². The van der Waals surface area contributed by atoms with Crippen molar-refractivity contribution >= 4 is 15.5 Å². The van der Waals surface area contributed by atoms with Crippen LogP contribution in [0.2, 0.25) is 0 Å². The summed E-state index contributed by atoms with van der Waals surface area (Å²) in [6.07, 6.45) is 0.0936. The summed E-state index contributed by atoms with van der Waals surface area (Å²) in [4.78, 5) is -0.769. The Morgan fingerprint density at radius 3 is 2.20 bits per heavy atom. The van der Waals surface area contributed by atoms with Crippen LogP contribution in [0.3, 0.4) is 0 Å². The minimum Gasteiger partial charge on any atom is -0.383 e. The SMILES string of the molecule is CC(C)OCCNc1ccc(S(=O)(=O)C(F)(F)F)cc1. The summed E-state index contributed by atoms with van der Waals surface area (Å²) in [6.45, 7) is 4.69. The summed E-state index contributed by atoms with van der Waals surface area (Å²) in [5.74, 6) is 0. The predicted octanol–water partition coefficient (Wildman–Crippen LogP) is 2.82. The minimum absolute atomic E-state index is 0.0936. The molecule has 1 rings (SSSR count). The molecule has 0 atom stereocenters. The van der Waals surface area contributed by atoms with Gasteiger partial charge in [-0.1, -0.05) is 0 Å². The fraction of sp³-hybridized carbons (Fsp3) is 0.500. The number of hydrogen-bond donors (Lipinski definition) is 1. The Bertz CT molecular complexity index is 524. The number of sulfone groups is 1. The van der Waals surface area contributed by atoms with E-state index in [0.29, 0.717) is 18.8 Å². The van der Waals surface area contributed by atoms with Crippen LogP contribution in [0, 0.1) is 0 Å². The average Bonchev–Trinajstić information content (AvgIpc) is 2.33. The van der Waals surface area contributed by atoms with Gasteiger partial charge >= 0.3 is 5.51 Å². The second kappa shape index (κ2) is 6.45. The van der Waals surface area contributed by atoms with Gasteiger partial charge < -0.3 is 10.1 Å². The second-order valence-corrected chi connectivity index (χ2v) is 6.26. The van der Waals surface area contributed by atoms with Crippen LogP contribution in [0.25, 0.3) is 0 Å². The van der Waals surface area contributed by atoms with Gasteiger partial charge in [0.1, 0.15) is 0 Å². The van der Waals surface area contributed by atoms with Crippen LogP contribution in [-0.4, -0.2) is 33.2 Å². The molecule has 1 aromatic carbocycles. The van der Waals surface area contributed by atoms with Crippen LogP contribution >= 0.6 is 0 Å². The lowest BCUT2D eigenvalue weighted by Crippen LogP contribution is -2.23. The van der Waals surface area contributed by atoms with Crippen LogP contribution in [0.5, 0.6) is 0 Å². The highest BCUT2D eigenvalue weighted by atomic mass is 32.2. The van der Waals surface area contributed by atoms with Gasteiger partial charge in [0, 0.05) is 12.2 Å². The average molecular weight is 311 g/mol. The van der Waals surface area contributed by atoms with Gasteiger partial charge in [-0.25, -0.2) is 8.42 Å². The smallest absolute Gasteiger partial charge is 0.383 e. The Balaban J connectivity index is 2.66. The summed E-state index contributed by atoms with van der Waals surface area (Å²) < 4.78 is 64.5. The molecule has 0 fully saturated rings. The first-order valence-electron chi connectivity index (χ1n) is 5.91. The molecule has 20 heavy (non-hydrogen) atoms. The van der Waals surface area contributed by atoms with Crippen LogP contribution in [0.4, 0.5) is 18.9 Å². The first-order valence-corrected chi connectivity index (χ1v) is 7.40. The van der Waals surface area contributed by atoms with Gasteiger partial charge in [-0.3, -0.25) is 0 Å². The van der Waals surface area contributed by atoms with Crippen LogP contribution in [0.1, 0.15) is 13.8 Å². The Hall–Kier alpha value is -1.28. The molecule has 0 unspecified atom stereocenters. The van der Waals surface area contributed by atoms with E-state index in [1.54, 1.807) is 0 Å². The van der Waals surface area contributed by atoms with E-state index in [0.717, 1.165) is 12.1 Å². The van der Waals surface area contributed by atoms with E-state index in [1.165, 1.54) is 12.1 Å². The first-order chi connectivity index (χ1) is 9.14. The largest absolute Gasteiger partial charge is 0.501 e. The standard InChI is InChI=1S/C12H16F3NO3S/c1-9(2)19-8-7-16-10-3-5-11(6-4-10)20(17,18)12(13,14)15/h3-6,9,16H,7-8H2,1-2H3. The molecule has 0 saturated carbocycles. The summed E-state index contributed by atoms with van der Waals surface area (Å²) in [5.41, 5.74) is -4.76. The molecule has 0 amide bonds. The first kappa shape index (κ1) is 16.8. The van der Waals surface area contributed by atoms with E-state index in [2.05, 4.69) is 5.32 Å². The molecule has 4 nitrogen and oxygen atoms in total. The molecule has 0 radical (unpaired) electrons. The van der Waals surface area contributed by atoms with E-state index in [9.17, 15) is 21.6 Å². The van der Waals surface area contributed by atoms with Crippen molar-refractivity contribution in [3.8, 4) is 0 Å². The van der Waals surface area contributed by atoms with Gasteiger partial charge in [0.15, 0.2) is 0 Å². The maximum atomic E-state index is 12.3.